The molecule has 38 heavy (non-hydrogen) atoms. The number of carbonyl (C=O) groups is 1. The van der Waals surface area contributed by atoms with E-state index in [0.29, 0.717) is 30.8 Å². The van der Waals surface area contributed by atoms with Gasteiger partial charge in [0.1, 0.15) is 5.82 Å². The molecule has 1 N–H and O–H groups in total. The fraction of sp³-hybridized carbons (Fsp3) is 0.310. The number of hydrogen-bond acceptors (Lipinski definition) is 5. The number of sulfonamides is 1. The second-order valence-corrected chi connectivity index (χ2v) is 11.5. The van der Waals surface area contributed by atoms with Gasteiger partial charge in [0.15, 0.2) is 0 Å². The Hall–Kier alpha value is -3.56. The molecule has 2 aliphatic rings. The van der Waals surface area contributed by atoms with E-state index in [2.05, 4.69) is 33.7 Å². The summed E-state index contributed by atoms with van der Waals surface area (Å²) < 4.78 is 43.5. The molecule has 1 unspecified atom stereocenters. The van der Waals surface area contributed by atoms with Crippen LogP contribution in [0.5, 0.6) is 0 Å². The Morgan fingerprint density at radius 2 is 1.82 bits per heavy atom. The van der Waals surface area contributed by atoms with E-state index >= 15 is 4.39 Å². The summed E-state index contributed by atoms with van der Waals surface area (Å²) in [6.07, 6.45) is 4.32. The number of hydrogen-bond donors (Lipinski definition) is 1. The molecule has 7 nitrogen and oxygen atoms in total. The molecule has 1 aliphatic carbocycles. The molecule has 0 saturated carbocycles. The SMILES string of the molecule is CC(CN1CCN(C(=O)c2ccc(NS(=O)(=O)C3=c4ncccc4=CCC3)c(F)c2)CC1)c1ccccc1. The van der Waals surface area contributed by atoms with E-state index in [9.17, 15) is 13.2 Å². The normalized spacial score (nSPS) is 16.9. The van der Waals surface area contributed by atoms with Crippen LogP contribution < -0.4 is 15.3 Å². The van der Waals surface area contributed by atoms with E-state index in [0.717, 1.165) is 30.9 Å². The maximum Gasteiger partial charge on any atom is 0.260 e. The number of pyridine rings is 1. The van der Waals surface area contributed by atoms with E-state index in [1.807, 2.05) is 30.3 Å². The van der Waals surface area contributed by atoms with Gasteiger partial charge in [-0.1, -0.05) is 49.4 Å². The topological polar surface area (TPSA) is 82.6 Å². The van der Waals surface area contributed by atoms with Crippen molar-refractivity contribution >= 4 is 32.6 Å². The lowest BCUT2D eigenvalue weighted by Crippen LogP contribution is -2.49. The highest BCUT2D eigenvalue weighted by Gasteiger charge is 2.26. The van der Waals surface area contributed by atoms with Gasteiger partial charge in [0.05, 0.1) is 15.9 Å². The fourth-order valence-electron chi connectivity index (χ4n) is 5.08. The first kappa shape index (κ1) is 26.1. The molecule has 9 heteroatoms. The van der Waals surface area contributed by atoms with E-state index in [1.165, 1.54) is 23.9 Å². The zero-order valence-corrected chi connectivity index (χ0v) is 22.1. The summed E-state index contributed by atoms with van der Waals surface area (Å²) in [5, 5.41) is 1.13. The van der Waals surface area contributed by atoms with Crippen LogP contribution in [-0.4, -0.2) is 61.8 Å². The molecule has 0 radical (unpaired) electrons. The number of piperazine rings is 1. The van der Waals surface area contributed by atoms with Gasteiger partial charge in [-0.2, -0.15) is 0 Å². The first-order valence-electron chi connectivity index (χ1n) is 12.9. The number of benzene rings is 2. The first-order chi connectivity index (χ1) is 18.3. The van der Waals surface area contributed by atoms with Crippen molar-refractivity contribution in [3.05, 3.63) is 94.4 Å². The van der Waals surface area contributed by atoms with Crippen LogP contribution in [-0.2, 0) is 10.0 Å². The summed E-state index contributed by atoms with van der Waals surface area (Å²) in [5.41, 5.74) is 1.29. The molecule has 5 rings (SSSR count). The van der Waals surface area contributed by atoms with Crippen LogP contribution in [0.15, 0.2) is 66.9 Å². The summed E-state index contributed by atoms with van der Waals surface area (Å²) in [5.74, 6) is -0.665. The number of nitrogens with one attached hydrogen (secondary N) is 1. The monoisotopic (exact) mass is 534 g/mol. The molecular formula is C29H31FN4O3S. The van der Waals surface area contributed by atoms with Gasteiger partial charge in [-0.05, 0) is 53.8 Å². The molecule has 0 spiro atoms. The van der Waals surface area contributed by atoms with Gasteiger partial charge < -0.3 is 4.90 Å². The minimum atomic E-state index is -4.02. The summed E-state index contributed by atoms with van der Waals surface area (Å²) in [7, 11) is -4.02. The van der Waals surface area contributed by atoms with Gasteiger partial charge in [-0.3, -0.25) is 19.4 Å². The van der Waals surface area contributed by atoms with Crippen molar-refractivity contribution in [2.45, 2.75) is 25.7 Å². The number of amides is 1. The van der Waals surface area contributed by atoms with Crippen molar-refractivity contribution in [2.75, 3.05) is 37.4 Å². The summed E-state index contributed by atoms with van der Waals surface area (Å²) in [6.45, 7) is 5.71. The molecule has 0 bridgehead atoms. The Morgan fingerprint density at radius 1 is 1.05 bits per heavy atom. The van der Waals surface area contributed by atoms with Crippen LogP contribution >= 0.6 is 0 Å². The van der Waals surface area contributed by atoms with Crippen molar-refractivity contribution in [1.29, 1.82) is 0 Å². The molecule has 3 aromatic rings. The Labute approximate surface area is 222 Å². The summed E-state index contributed by atoms with van der Waals surface area (Å²) in [6, 6.07) is 17.8. The number of anilines is 1. The van der Waals surface area contributed by atoms with Gasteiger partial charge in [-0.25, -0.2) is 12.8 Å². The second kappa shape index (κ2) is 11.0. The molecule has 1 aromatic heterocycles. The third kappa shape index (κ3) is 5.63. The highest BCUT2D eigenvalue weighted by Crippen LogP contribution is 2.24. The molecule has 1 saturated heterocycles. The summed E-state index contributed by atoms with van der Waals surface area (Å²) >= 11 is 0. The lowest BCUT2D eigenvalue weighted by molar-refractivity contribution is 0.0631. The molecule has 1 aliphatic heterocycles. The van der Waals surface area contributed by atoms with Gasteiger partial charge in [0, 0.05) is 44.5 Å². The number of carbonyl (C=O) groups excluding carboxylic acids is 1. The largest absolute Gasteiger partial charge is 0.336 e. The van der Waals surface area contributed by atoms with E-state index < -0.39 is 15.8 Å². The van der Waals surface area contributed by atoms with E-state index in [1.54, 1.807) is 11.0 Å². The van der Waals surface area contributed by atoms with Gasteiger partial charge >= 0.3 is 0 Å². The maximum atomic E-state index is 15.0. The molecule has 2 aromatic carbocycles. The highest BCUT2D eigenvalue weighted by molar-refractivity contribution is 8.01. The number of nitrogens with zero attached hydrogens (tertiary/aromatic N) is 3. The lowest BCUT2D eigenvalue weighted by Gasteiger charge is -2.36. The molecule has 1 atom stereocenters. The van der Waals surface area contributed by atoms with Crippen molar-refractivity contribution in [3.8, 4) is 0 Å². The Balaban J connectivity index is 1.23. The van der Waals surface area contributed by atoms with E-state index in [4.69, 9.17) is 0 Å². The predicted molar refractivity (Wildman–Crippen MR) is 147 cm³/mol. The molecular weight excluding hydrogens is 503 g/mol. The predicted octanol–water partition coefficient (Wildman–Crippen LogP) is 2.91. The second-order valence-electron chi connectivity index (χ2n) is 9.81. The zero-order chi connectivity index (χ0) is 26.7. The fourth-order valence-corrected chi connectivity index (χ4v) is 6.47. The smallest absolute Gasteiger partial charge is 0.260 e. The lowest BCUT2D eigenvalue weighted by atomic mass is 10.0. The van der Waals surface area contributed by atoms with Crippen molar-refractivity contribution < 1.29 is 17.6 Å². The number of fused-ring (bicyclic) bond motifs is 1. The van der Waals surface area contributed by atoms with Crippen molar-refractivity contribution in [1.82, 2.24) is 14.8 Å². The van der Waals surface area contributed by atoms with Crippen molar-refractivity contribution in [2.24, 2.45) is 0 Å². The minimum absolute atomic E-state index is 0.134. The molecule has 198 valence electrons. The van der Waals surface area contributed by atoms with Gasteiger partial charge in [-0.15, -0.1) is 0 Å². The van der Waals surface area contributed by atoms with Crippen LogP contribution in [0, 0.1) is 5.82 Å². The molecule has 2 heterocycles. The van der Waals surface area contributed by atoms with Crippen LogP contribution in [0.4, 0.5) is 10.1 Å². The Kier molecular flexibility index (Phi) is 7.58. The third-order valence-electron chi connectivity index (χ3n) is 7.18. The van der Waals surface area contributed by atoms with Crippen molar-refractivity contribution in [3.63, 3.8) is 0 Å². The Bertz CT molecular complexity index is 1550. The molecule has 1 fully saturated rings. The average Bonchev–Trinajstić information content (AvgIpc) is 2.94. The number of aromatic nitrogens is 1. The van der Waals surface area contributed by atoms with Crippen LogP contribution in [0.1, 0.15) is 41.6 Å². The highest BCUT2D eigenvalue weighted by atomic mass is 32.2. The standard InChI is InChI=1S/C29H31FN4O3S/c1-21(22-7-3-2-4-8-22)20-33-15-17-34(18-16-33)29(35)24-12-13-26(25(30)19-24)32-38(36,37)27-11-5-9-23-10-6-14-31-28(23)27/h2-4,6-10,12-14,19,21,32H,5,11,15-18,20H2,1H3. The van der Waals surface area contributed by atoms with E-state index in [-0.39, 0.29) is 28.5 Å². The number of rotatable bonds is 7. The van der Waals surface area contributed by atoms with Gasteiger partial charge in [0.2, 0.25) is 0 Å². The minimum Gasteiger partial charge on any atom is -0.336 e. The van der Waals surface area contributed by atoms with Gasteiger partial charge in [0.25, 0.3) is 15.9 Å². The average molecular weight is 535 g/mol. The summed E-state index contributed by atoms with van der Waals surface area (Å²) in [4.78, 5) is 21.5. The first-order valence-corrected chi connectivity index (χ1v) is 14.3. The molecule has 1 amide bonds. The Morgan fingerprint density at radius 3 is 2.55 bits per heavy atom. The van der Waals surface area contributed by atoms with Crippen LogP contribution in [0.25, 0.3) is 11.0 Å². The zero-order valence-electron chi connectivity index (χ0n) is 21.3. The maximum absolute atomic E-state index is 15.0. The van der Waals surface area contributed by atoms with Crippen LogP contribution in [0.2, 0.25) is 0 Å². The third-order valence-corrected chi connectivity index (χ3v) is 8.72. The quantitative estimate of drug-likeness (QED) is 0.504. The number of halogens is 1. The van der Waals surface area contributed by atoms with Crippen LogP contribution in [0.3, 0.4) is 0 Å².